The van der Waals surface area contributed by atoms with Gasteiger partial charge in [0.25, 0.3) is 0 Å². The largest absolute Gasteiger partial charge is 0.467 e. The Morgan fingerprint density at radius 1 is 1.45 bits per heavy atom. The molecule has 0 fully saturated rings. The molecular weight excluding hydrogens is 320 g/mol. The molecule has 0 radical (unpaired) electrons. The molecule has 0 unspecified atom stereocenters. The topological polar surface area (TPSA) is 46.3 Å². The molecule has 3 aromatic rings. The molecule has 0 aliphatic heterocycles. The first-order valence-corrected chi connectivity index (χ1v) is 8.17. The summed E-state index contributed by atoms with van der Waals surface area (Å²) in [5, 5.41) is 1.35. The highest BCUT2D eigenvalue weighted by Gasteiger charge is 2.20. The number of rotatable bonds is 4. The van der Waals surface area contributed by atoms with Gasteiger partial charge >= 0.3 is 0 Å². The van der Waals surface area contributed by atoms with E-state index in [9.17, 15) is 4.79 Å². The number of nitrogens with zero attached hydrogens (tertiary/aromatic N) is 2. The van der Waals surface area contributed by atoms with Gasteiger partial charge in [0.05, 0.1) is 23.0 Å². The van der Waals surface area contributed by atoms with Crippen molar-refractivity contribution in [1.82, 2.24) is 4.98 Å². The van der Waals surface area contributed by atoms with Crippen LogP contribution in [0.15, 0.2) is 34.9 Å². The molecule has 4 nitrogen and oxygen atoms in total. The molecule has 0 saturated heterocycles. The molecule has 1 aromatic carbocycles. The molecule has 0 spiro atoms. The van der Waals surface area contributed by atoms with Gasteiger partial charge in [-0.1, -0.05) is 29.9 Å². The number of hydrogen-bond donors (Lipinski definition) is 0. The average molecular weight is 335 g/mol. The monoisotopic (exact) mass is 334 g/mol. The van der Waals surface area contributed by atoms with E-state index in [0.29, 0.717) is 23.1 Å². The van der Waals surface area contributed by atoms with Gasteiger partial charge < -0.3 is 4.42 Å². The number of amides is 1. The van der Waals surface area contributed by atoms with Crippen LogP contribution < -0.4 is 4.90 Å². The summed E-state index contributed by atoms with van der Waals surface area (Å²) in [6.07, 6.45) is 2.02. The highest BCUT2D eigenvalue weighted by molar-refractivity contribution is 7.22. The third-order valence-corrected chi connectivity index (χ3v) is 4.61. The number of carbonyl (C=O) groups is 1. The summed E-state index contributed by atoms with van der Waals surface area (Å²) in [6, 6.07) is 7.43. The summed E-state index contributed by atoms with van der Waals surface area (Å²) >= 11 is 7.57. The second kappa shape index (κ2) is 6.10. The first-order valence-electron chi connectivity index (χ1n) is 6.98. The first-order chi connectivity index (χ1) is 10.6. The quantitative estimate of drug-likeness (QED) is 0.688. The van der Waals surface area contributed by atoms with Crippen LogP contribution in [0, 0.1) is 6.92 Å². The molecule has 2 heterocycles. The van der Waals surface area contributed by atoms with E-state index in [1.807, 2.05) is 38.1 Å². The highest BCUT2D eigenvalue weighted by atomic mass is 35.5. The number of benzene rings is 1. The number of aryl methyl sites for hydroxylation is 1. The van der Waals surface area contributed by atoms with E-state index in [2.05, 4.69) is 4.98 Å². The van der Waals surface area contributed by atoms with E-state index >= 15 is 0 Å². The fraction of sp³-hybridized carbons (Fsp3) is 0.250. The maximum atomic E-state index is 12.3. The predicted molar refractivity (Wildman–Crippen MR) is 89.6 cm³/mol. The number of fused-ring (bicyclic) bond motifs is 1. The van der Waals surface area contributed by atoms with Gasteiger partial charge in [-0.2, -0.15) is 0 Å². The van der Waals surface area contributed by atoms with Crippen LogP contribution in [0.25, 0.3) is 10.2 Å². The van der Waals surface area contributed by atoms with Crippen molar-refractivity contribution in [3.8, 4) is 0 Å². The molecule has 0 saturated carbocycles. The first kappa shape index (κ1) is 15.1. The minimum Gasteiger partial charge on any atom is -0.467 e. The Morgan fingerprint density at radius 2 is 2.27 bits per heavy atom. The van der Waals surface area contributed by atoms with Crippen LogP contribution in [0.5, 0.6) is 0 Å². The van der Waals surface area contributed by atoms with Crippen molar-refractivity contribution in [2.24, 2.45) is 0 Å². The van der Waals surface area contributed by atoms with Crippen LogP contribution in [0.3, 0.4) is 0 Å². The van der Waals surface area contributed by atoms with Gasteiger partial charge in [0.1, 0.15) is 5.76 Å². The Kier molecular flexibility index (Phi) is 4.18. The van der Waals surface area contributed by atoms with Gasteiger partial charge in [0, 0.05) is 11.4 Å². The zero-order valence-corrected chi connectivity index (χ0v) is 13.9. The van der Waals surface area contributed by atoms with E-state index < -0.39 is 0 Å². The van der Waals surface area contributed by atoms with Crippen LogP contribution in [-0.2, 0) is 11.3 Å². The van der Waals surface area contributed by atoms with Gasteiger partial charge in [-0.05, 0) is 36.8 Å². The summed E-state index contributed by atoms with van der Waals surface area (Å²) in [4.78, 5) is 18.6. The lowest BCUT2D eigenvalue weighted by atomic mass is 10.2. The predicted octanol–water partition coefficient (Wildman–Crippen LogP) is 4.79. The van der Waals surface area contributed by atoms with Crippen LogP contribution in [-0.4, -0.2) is 10.9 Å². The minimum atomic E-state index is 0.0132. The normalized spacial score (nSPS) is 11.0. The van der Waals surface area contributed by atoms with Gasteiger partial charge in [-0.3, -0.25) is 9.69 Å². The van der Waals surface area contributed by atoms with Crippen molar-refractivity contribution in [3.05, 3.63) is 46.9 Å². The van der Waals surface area contributed by atoms with E-state index in [4.69, 9.17) is 16.0 Å². The van der Waals surface area contributed by atoms with Crippen molar-refractivity contribution in [2.75, 3.05) is 4.90 Å². The number of furan rings is 1. The average Bonchev–Trinajstić information content (AvgIpc) is 3.12. The number of hydrogen-bond acceptors (Lipinski definition) is 4. The number of carbonyl (C=O) groups excluding carboxylic acids is 1. The molecule has 1 amide bonds. The van der Waals surface area contributed by atoms with E-state index in [1.54, 1.807) is 11.2 Å². The molecule has 0 aliphatic rings. The number of halogens is 1. The minimum absolute atomic E-state index is 0.0132. The zero-order chi connectivity index (χ0) is 15.7. The smallest absolute Gasteiger partial charge is 0.228 e. The van der Waals surface area contributed by atoms with Crippen LogP contribution in [0.1, 0.15) is 24.7 Å². The summed E-state index contributed by atoms with van der Waals surface area (Å²) in [5.41, 5.74) is 1.89. The maximum absolute atomic E-state index is 12.3. The lowest BCUT2D eigenvalue weighted by Crippen LogP contribution is -2.29. The number of anilines is 1. The van der Waals surface area contributed by atoms with Crippen LogP contribution in [0.2, 0.25) is 5.02 Å². The van der Waals surface area contributed by atoms with Gasteiger partial charge in [0.2, 0.25) is 5.91 Å². The summed E-state index contributed by atoms with van der Waals surface area (Å²) < 4.78 is 6.34. The van der Waals surface area contributed by atoms with Crippen molar-refractivity contribution >= 4 is 44.2 Å². The molecule has 2 aromatic heterocycles. The summed E-state index contributed by atoms with van der Waals surface area (Å²) in [6.45, 7) is 4.19. The van der Waals surface area contributed by atoms with Crippen molar-refractivity contribution < 1.29 is 9.21 Å². The second-order valence-electron chi connectivity index (χ2n) is 4.98. The third kappa shape index (κ3) is 2.87. The summed E-state index contributed by atoms with van der Waals surface area (Å²) in [7, 11) is 0. The highest BCUT2D eigenvalue weighted by Crippen LogP contribution is 2.33. The molecular formula is C16H15ClN2O2S. The van der Waals surface area contributed by atoms with E-state index in [1.165, 1.54) is 11.3 Å². The van der Waals surface area contributed by atoms with Crippen LogP contribution in [0.4, 0.5) is 5.13 Å². The Morgan fingerprint density at radius 3 is 2.95 bits per heavy atom. The van der Waals surface area contributed by atoms with Gasteiger partial charge in [-0.25, -0.2) is 4.98 Å². The lowest BCUT2D eigenvalue weighted by molar-refractivity contribution is -0.118. The van der Waals surface area contributed by atoms with Crippen molar-refractivity contribution in [1.29, 1.82) is 0 Å². The maximum Gasteiger partial charge on any atom is 0.228 e. The standard InChI is InChI=1S/C16H15ClN2O2S/c1-3-14(20)19(9-12-5-4-6-21-12)16-18-15-10(2)7-11(17)8-13(15)22-16/h4-8H,3,9H2,1-2H3. The SMILES string of the molecule is CCC(=O)N(Cc1ccco1)c1nc2c(C)cc(Cl)cc2s1. The van der Waals surface area contributed by atoms with Gasteiger partial charge in [-0.15, -0.1) is 0 Å². The van der Waals surface area contributed by atoms with Crippen molar-refractivity contribution in [3.63, 3.8) is 0 Å². The molecule has 22 heavy (non-hydrogen) atoms. The van der Waals surface area contributed by atoms with Crippen LogP contribution >= 0.6 is 22.9 Å². The molecule has 6 heteroatoms. The lowest BCUT2D eigenvalue weighted by Gasteiger charge is -2.17. The fourth-order valence-electron chi connectivity index (χ4n) is 2.27. The Balaban J connectivity index is 2.03. The second-order valence-corrected chi connectivity index (χ2v) is 6.42. The van der Waals surface area contributed by atoms with Crippen molar-refractivity contribution in [2.45, 2.75) is 26.8 Å². The molecule has 114 valence electrons. The third-order valence-electron chi connectivity index (χ3n) is 3.37. The number of aromatic nitrogens is 1. The van der Waals surface area contributed by atoms with E-state index in [0.717, 1.165) is 21.5 Å². The molecule has 0 N–H and O–H groups in total. The summed E-state index contributed by atoms with van der Waals surface area (Å²) in [5.74, 6) is 0.745. The van der Waals surface area contributed by atoms with E-state index in [-0.39, 0.29) is 5.91 Å². The Labute approximate surface area is 137 Å². The molecule has 3 rings (SSSR count). The Bertz CT molecular complexity index is 811. The molecule has 0 atom stereocenters. The number of thiazole rings is 1. The fourth-order valence-corrected chi connectivity index (χ4v) is 3.71. The zero-order valence-electron chi connectivity index (χ0n) is 12.3. The molecule has 0 bridgehead atoms. The Hall–Kier alpha value is -1.85. The molecule has 0 aliphatic carbocycles. The van der Waals surface area contributed by atoms with Gasteiger partial charge in [0.15, 0.2) is 5.13 Å².